The van der Waals surface area contributed by atoms with Crippen LogP contribution < -0.4 is 0 Å². The monoisotopic (exact) mass is 292 g/mol. The topological polar surface area (TPSA) is 77.9 Å². The van der Waals surface area contributed by atoms with Gasteiger partial charge in [0, 0.05) is 20.6 Å². The number of hydrogen-bond donors (Lipinski definition) is 1. The van der Waals surface area contributed by atoms with E-state index in [1.54, 1.807) is 26.2 Å². The second-order valence-corrected chi connectivity index (χ2v) is 4.87. The standard InChI is InChI=1S/C15H20N2O4/c1-4-9-17(10-13(18)16(2)3)14(19)11-7-5-6-8-12(11)15(20)21/h5-8H,4,9-10H2,1-3H3,(H,20,21). The highest BCUT2D eigenvalue weighted by Gasteiger charge is 2.23. The second kappa shape index (κ2) is 7.42. The van der Waals surface area contributed by atoms with Crippen molar-refractivity contribution >= 4 is 17.8 Å². The van der Waals surface area contributed by atoms with Crippen molar-refractivity contribution in [1.29, 1.82) is 0 Å². The van der Waals surface area contributed by atoms with Crippen LogP contribution in [0.25, 0.3) is 0 Å². The maximum absolute atomic E-state index is 12.5. The van der Waals surface area contributed by atoms with Crippen molar-refractivity contribution in [3.63, 3.8) is 0 Å². The predicted octanol–water partition coefficient (Wildman–Crippen LogP) is 1.33. The van der Waals surface area contributed by atoms with Gasteiger partial charge in [-0.05, 0) is 18.6 Å². The van der Waals surface area contributed by atoms with Crippen molar-refractivity contribution < 1.29 is 19.5 Å². The lowest BCUT2D eigenvalue weighted by atomic mass is 10.1. The first-order chi connectivity index (χ1) is 9.88. The number of carboxylic acids is 1. The molecule has 1 aromatic rings. The molecule has 1 aromatic carbocycles. The van der Waals surface area contributed by atoms with E-state index in [4.69, 9.17) is 5.11 Å². The smallest absolute Gasteiger partial charge is 0.336 e. The summed E-state index contributed by atoms with van der Waals surface area (Å²) in [5.74, 6) is -1.80. The minimum atomic E-state index is -1.16. The first-order valence-electron chi connectivity index (χ1n) is 6.70. The zero-order valence-electron chi connectivity index (χ0n) is 12.5. The number of carboxylic acid groups (broad SMARTS) is 1. The first-order valence-corrected chi connectivity index (χ1v) is 6.70. The van der Waals surface area contributed by atoms with Crippen molar-refractivity contribution in [2.75, 3.05) is 27.2 Å². The summed E-state index contributed by atoms with van der Waals surface area (Å²) in [5, 5.41) is 9.15. The summed E-state index contributed by atoms with van der Waals surface area (Å²) in [6.45, 7) is 2.23. The van der Waals surface area contributed by atoms with Crippen LogP contribution >= 0.6 is 0 Å². The molecule has 0 radical (unpaired) electrons. The van der Waals surface area contributed by atoms with Gasteiger partial charge in [0.2, 0.25) is 5.91 Å². The minimum absolute atomic E-state index is 0.0547. The lowest BCUT2D eigenvalue weighted by Gasteiger charge is -2.24. The van der Waals surface area contributed by atoms with Gasteiger partial charge in [0.25, 0.3) is 5.91 Å². The zero-order chi connectivity index (χ0) is 16.0. The van der Waals surface area contributed by atoms with E-state index < -0.39 is 11.9 Å². The summed E-state index contributed by atoms with van der Waals surface area (Å²) in [6.07, 6.45) is 0.682. The number of carbonyl (C=O) groups excluding carboxylic acids is 2. The molecule has 0 aliphatic heterocycles. The van der Waals surface area contributed by atoms with E-state index in [1.807, 2.05) is 6.92 Å². The average Bonchev–Trinajstić information content (AvgIpc) is 2.45. The predicted molar refractivity (Wildman–Crippen MR) is 78.3 cm³/mol. The molecule has 0 unspecified atom stereocenters. The molecule has 0 saturated heterocycles. The minimum Gasteiger partial charge on any atom is -0.478 e. The molecule has 6 nitrogen and oxygen atoms in total. The average molecular weight is 292 g/mol. The highest BCUT2D eigenvalue weighted by Crippen LogP contribution is 2.12. The molecule has 0 aliphatic carbocycles. The molecule has 0 heterocycles. The van der Waals surface area contributed by atoms with Gasteiger partial charge in [0.15, 0.2) is 0 Å². The summed E-state index contributed by atoms with van der Waals surface area (Å²) < 4.78 is 0. The van der Waals surface area contributed by atoms with Crippen LogP contribution in [0.4, 0.5) is 0 Å². The van der Waals surface area contributed by atoms with E-state index in [9.17, 15) is 14.4 Å². The summed E-state index contributed by atoms with van der Waals surface area (Å²) in [7, 11) is 3.23. The lowest BCUT2D eigenvalue weighted by molar-refractivity contribution is -0.129. The molecule has 0 spiro atoms. The number of carbonyl (C=O) groups is 3. The van der Waals surface area contributed by atoms with E-state index >= 15 is 0 Å². The molecular formula is C15H20N2O4. The van der Waals surface area contributed by atoms with Gasteiger partial charge >= 0.3 is 5.97 Å². The van der Waals surface area contributed by atoms with Crippen LogP contribution in [0.15, 0.2) is 24.3 Å². The largest absolute Gasteiger partial charge is 0.478 e. The number of benzene rings is 1. The third kappa shape index (κ3) is 4.30. The molecule has 0 fully saturated rings. The zero-order valence-corrected chi connectivity index (χ0v) is 12.5. The first kappa shape index (κ1) is 16.7. The Morgan fingerprint density at radius 3 is 2.14 bits per heavy atom. The van der Waals surface area contributed by atoms with Gasteiger partial charge < -0.3 is 14.9 Å². The van der Waals surface area contributed by atoms with E-state index in [2.05, 4.69) is 0 Å². The number of hydrogen-bond acceptors (Lipinski definition) is 3. The Bertz CT molecular complexity index is 540. The van der Waals surface area contributed by atoms with Crippen molar-refractivity contribution in [2.24, 2.45) is 0 Å². The Labute approximate surface area is 124 Å². The molecule has 6 heteroatoms. The van der Waals surface area contributed by atoms with Gasteiger partial charge in [0.1, 0.15) is 6.54 Å². The number of rotatable bonds is 6. The van der Waals surface area contributed by atoms with Gasteiger partial charge in [-0.15, -0.1) is 0 Å². The Balaban J connectivity index is 3.06. The summed E-state index contributed by atoms with van der Waals surface area (Å²) >= 11 is 0. The summed E-state index contributed by atoms with van der Waals surface area (Å²) in [6, 6.07) is 6.02. The van der Waals surface area contributed by atoms with Crippen molar-refractivity contribution in [2.45, 2.75) is 13.3 Å². The van der Waals surface area contributed by atoms with Crippen LogP contribution in [0.3, 0.4) is 0 Å². The van der Waals surface area contributed by atoms with E-state index in [1.165, 1.54) is 21.9 Å². The molecule has 0 saturated carbocycles. The van der Waals surface area contributed by atoms with Crippen molar-refractivity contribution in [3.8, 4) is 0 Å². The van der Waals surface area contributed by atoms with Crippen LogP contribution in [0.1, 0.15) is 34.1 Å². The number of aromatic carboxylic acids is 1. The third-order valence-electron chi connectivity index (χ3n) is 2.99. The van der Waals surface area contributed by atoms with Gasteiger partial charge in [-0.3, -0.25) is 9.59 Å². The van der Waals surface area contributed by atoms with Crippen LogP contribution in [0.2, 0.25) is 0 Å². The van der Waals surface area contributed by atoms with Gasteiger partial charge in [-0.1, -0.05) is 19.1 Å². The van der Waals surface area contributed by atoms with Crippen LogP contribution in [-0.2, 0) is 4.79 Å². The molecule has 21 heavy (non-hydrogen) atoms. The molecular weight excluding hydrogens is 272 g/mol. The number of likely N-dealkylation sites (N-methyl/N-ethyl adjacent to an activating group) is 1. The fourth-order valence-electron chi connectivity index (χ4n) is 1.85. The van der Waals surface area contributed by atoms with Crippen LogP contribution in [0.5, 0.6) is 0 Å². The molecule has 0 bridgehead atoms. The van der Waals surface area contributed by atoms with Gasteiger partial charge in [-0.2, -0.15) is 0 Å². The molecule has 114 valence electrons. The van der Waals surface area contributed by atoms with Crippen LogP contribution in [0, 0.1) is 0 Å². The number of amides is 2. The van der Waals surface area contributed by atoms with Crippen molar-refractivity contribution in [1.82, 2.24) is 9.80 Å². The lowest BCUT2D eigenvalue weighted by Crippen LogP contribution is -2.41. The fourth-order valence-corrected chi connectivity index (χ4v) is 1.85. The summed E-state index contributed by atoms with van der Waals surface area (Å²) in [4.78, 5) is 38.3. The van der Waals surface area contributed by atoms with E-state index in [0.717, 1.165) is 0 Å². The maximum atomic E-state index is 12.5. The SMILES string of the molecule is CCCN(CC(=O)N(C)C)C(=O)c1ccccc1C(=O)O. The Morgan fingerprint density at radius 1 is 1.10 bits per heavy atom. The van der Waals surface area contributed by atoms with Crippen molar-refractivity contribution in [3.05, 3.63) is 35.4 Å². The highest BCUT2D eigenvalue weighted by atomic mass is 16.4. The second-order valence-electron chi connectivity index (χ2n) is 4.87. The molecule has 1 N–H and O–H groups in total. The molecule has 0 aromatic heterocycles. The Morgan fingerprint density at radius 2 is 1.67 bits per heavy atom. The fraction of sp³-hybridized carbons (Fsp3) is 0.400. The van der Waals surface area contributed by atoms with Gasteiger partial charge in [-0.25, -0.2) is 4.79 Å². The third-order valence-corrected chi connectivity index (χ3v) is 2.99. The maximum Gasteiger partial charge on any atom is 0.336 e. The summed E-state index contributed by atoms with van der Waals surface area (Å²) in [5.41, 5.74) is 0.0471. The van der Waals surface area contributed by atoms with E-state index in [0.29, 0.717) is 13.0 Å². The highest BCUT2D eigenvalue weighted by molar-refractivity contribution is 6.05. The quantitative estimate of drug-likeness (QED) is 0.858. The Hall–Kier alpha value is -2.37. The molecule has 2 amide bonds. The molecule has 1 rings (SSSR count). The normalized spacial score (nSPS) is 10.0. The molecule has 0 atom stereocenters. The van der Waals surface area contributed by atoms with E-state index in [-0.39, 0.29) is 23.6 Å². The van der Waals surface area contributed by atoms with Gasteiger partial charge in [0.05, 0.1) is 11.1 Å². The Kier molecular flexibility index (Phi) is 5.90. The number of nitrogens with zero attached hydrogens (tertiary/aromatic N) is 2. The molecule has 0 aliphatic rings. The van der Waals surface area contributed by atoms with Crippen LogP contribution in [-0.4, -0.2) is 59.9 Å².